The number of guanidine groups is 1. The fourth-order valence-corrected chi connectivity index (χ4v) is 2.25. The minimum Gasteiger partial charge on any atom is -0.478 e. The number of hydrogen-bond donors (Lipinski definition) is 3. The van der Waals surface area contributed by atoms with Gasteiger partial charge in [-0.05, 0) is 54.5 Å². The molecule has 0 aliphatic carbocycles. The second kappa shape index (κ2) is 12.7. The van der Waals surface area contributed by atoms with Gasteiger partial charge in [0.2, 0.25) is 5.88 Å². The summed E-state index contributed by atoms with van der Waals surface area (Å²) in [5.74, 6) is 1.24. The molecule has 9 heteroatoms. The van der Waals surface area contributed by atoms with Gasteiger partial charge in [-0.15, -0.1) is 24.0 Å². The molecule has 0 unspecified atom stereocenters. The Hall–Kier alpha value is -1.78. The summed E-state index contributed by atoms with van der Waals surface area (Å²) in [7, 11) is 0. The van der Waals surface area contributed by atoms with Crippen LogP contribution in [0.1, 0.15) is 54.0 Å². The Labute approximate surface area is 191 Å². The van der Waals surface area contributed by atoms with Crippen molar-refractivity contribution in [3.8, 4) is 5.88 Å². The van der Waals surface area contributed by atoms with Gasteiger partial charge in [0.15, 0.2) is 5.96 Å². The van der Waals surface area contributed by atoms with Crippen LogP contribution in [-0.2, 0) is 11.3 Å². The fourth-order valence-electron chi connectivity index (χ4n) is 2.25. The van der Waals surface area contributed by atoms with E-state index < -0.39 is 17.2 Å². The molecule has 1 heterocycles. The summed E-state index contributed by atoms with van der Waals surface area (Å²) in [6.07, 6.45) is 1.25. The molecule has 29 heavy (non-hydrogen) atoms. The van der Waals surface area contributed by atoms with Crippen molar-refractivity contribution < 1.29 is 14.3 Å². The van der Waals surface area contributed by atoms with Crippen LogP contribution >= 0.6 is 24.0 Å². The van der Waals surface area contributed by atoms with Crippen molar-refractivity contribution in [3.05, 3.63) is 23.9 Å². The molecule has 0 radical (unpaired) electrons. The van der Waals surface area contributed by atoms with Gasteiger partial charge in [-0.3, -0.25) is 0 Å². The van der Waals surface area contributed by atoms with E-state index in [1.807, 2.05) is 60.6 Å². The lowest BCUT2D eigenvalue weighted by Gasteiger charge is -2.29. The van der Waals surface area contributed by atoms with E-state index in [0.717, 1.165) is 12.1 Å². The predicted molar refractivity (Wildman–Crippen MR) is 127 cm³/mol. The van der Waals surface area contributed by atoms with E-state index in [0.29, 0.717) is 31.5 Å². The van der Waals surface area contributed by atoms with Crippen LogP contribution in [0.15, 0.2) is 23.3 Å². The summed E-state index contributed by atoms with van der Waals surface area (Å²) in [4.78, 5) is 20.9. The minimum atomic E-state index is -0.536. The fraction of sp³-hybridized carbons (Fsp3) is 0.650. The standard InChI is InChI=1S/C20H35N5O3.HI/c1-8-21-17(23-13-15-11-10-12-22-16(15)27-9-2)24-14-20(6,7)25-18(26)28-19(3,4)5;/h10-12H,8-9,13-14H2,1-7H3,(H,25,26)(H2,21,23,24);1H. The first-order valence-corrected chi connectivity index (χ1v) is 9.66. The van der Waals surface area contributed by atoms with Gasteiger partial charge < -0.3 is 25.4 Å². The third kappa shape index (κ3) is 11.7. The van der Waals surface area contributed by atoms with E-state index >= 15 is 0 Å². The van der Waals surface area contributed by atoms with Crippen molar-refractivity contribution in [2.75, 3.05) is 19.7 Å². The van der Waals surface area contributed by atoms with Crippen LogP contribution in [0.25, 0.3) is 0 Å². The molecule has 0 atom stereocenters. The Bertz CT molecular complexity index is 660. The number of amides is 1. The van der Waals surface area contributed by atoms with Crippen LogP contribution in [0.5, 0.6) is 5.88 Å². The molecular formula is C20H36IN5O3. The molecule has 0 aliphatic rings. The largest absolute Gasteiger partial charge is 0.478 e. The summed E-state index contributed by atoms with van der Waals surface area (Å²) >= 11 is 0. The third-order valence-electron chi connectivity index (χ3n) is 3.42. The number of pyridine rings is 1. The predicted octanol–water partition coefficient (Wildman–Crippen LogP) is 3.46. The molecular weight excluding hydrogens is 485 g/mol. The van der Waals surface area contributed by atoms with Gasteiger partial charge >= 0.3 is 6.09 Å². The molecule has 0 fully saturated rings. The summed E-state index contributed by atoms with van der Waals surface area (Å²) in [5, 5.41) is 9.33. The van der Waals surface area contributed by atoms with Crippen LogP contribution in [0.4, 0.5) is 4.79 Å². The van der Waals surface area contributed by atoms with Crippen molar-refractivity contribution in [3.63, 3.8) is 0 Å². The second-order valence-electron chi connectivity index (χ2n) is 7.96. The second-order valence-corrected chi connectivity index (χ2v) is 7.96. The molecule has 166 valence electrons. The van der Waals surface area contributed by atoms with Gasteiger partial charge in [0, 0.05) is 24.8 Å². The molecule has 0 saturated heterocycles. The Morgan fingerprint density at radius 2 is 1.86 bits per heavy atom. The molecule has 0 bridgehead atoms. The molecule has 3 N–H and O–H groups in total. The Kier molecular flexibility index (Phi) is 11.9. The SMILES string of the molecule is CCNC(=NCc1cccnc1OCC)NCC(C)(C)NC(=O)OC(C)(C)C.I. The van der Waals surface area contributed by atoms with Gasteiger partial charge in [-0.1, -0.05) is 6.07 Å². The number of nitrogens with one attached hydrogen (secondary N) is 3. The number of alkyl carbamates (subject to hydrolysis) is 1. The van der Waals surface area contributed by atoms with E-state index in [-0.39, 0.29) is 24.0 Å². The average Bonchev–Trinajstić information content (AvgIpc) is 2.56. The van der Waals surface area contributed by atoms with Gasteiger partial charge in [-0.2, -0.15) is 0 Å². The number of rotatable bonds is 8. The minimum absolute atomic E-state index is 0. The van der Waals surface area contributed by atoms with E-state index in [4.69, 9.17) is 9.47 Å². The summed E-state index contributed by atoms with van der Waals surface area (Å²) in [5.41, 5.74) is -0.150. The lowest BCUT2D eigenvalue weighted by molar-refractivity contribution is 0.0474. The maximum absolute atomic E-state index is 12.0. The maximum atomic E-state index is 12.0. The number of hydrogen-bond acceptors (Lipinski definition) is 5. The molecule has 1 rings (SSSR count). The quantitative estimate of drug-likeness (QED) is 0.276. The maximum Gasteiger partial charge on any atom is 0.408 e. The molecule has 1 aromatic rings. The van der Waals surface area contributed by atoms with Gasteiger partial charge in [0.25, 0.3) is 0 Å². The first-order valence-electron chi connectivity index (χ1n) is 9.66. The zero-order valence-corrected chi connectivity index (χ0v) is 20.9. The smallest absolute Gasteiger partial charge is 0.408 e. The number of halogens is 1. The van der Waals surface area contributed by atoms with Crippen molar-refractivity contribution in [1.82, 2.24) is 20.9 Å². The van der Waals surface area contributed by atoms with E-state index in [9.17, 15) is 4.79 Å². The van der Waals surface area contributed by atoms with E-state index in [1.165, 1.54) is 0 Å². The lowest BCUT2D eigenvalue weighted by atomic mass is 10.1. The highest BCUT2D eigenvalue weighted by Gasteiger charge is 2.24. The molecule has 0 saturated carbocycles. The zero-order valence-electron chi connectivity index (χ0n) is 18.6. The Morgan fingerprint density at radius 1 is 1.17 bits per heavy atom. The van der Waals surface area contributed by atoms with E-state index in [1.54, 1.807) is 6.20 Å². The van der Waals surface area contributed by atoms with E-state index in [2.05, 4.69) is 25.9 Å². The Morgan fingerprint density at radius 3 is 2.45 bits per heavy atom. The zero-order chi connectivity index (χ0) is 21.2. The highest BCUT2D eigenvalue weighted by molar-refractivity contribution is 14.0. The number of carbonyl (C=O) groups excluding carboxylic acids is 1. The van der Waals surface area contributed by atoms with Crippen LogP contribution < -0.4 is 20.7 Å². The number of carbonyl (C=O) groups is 1. The van der Waals surface area contributed by atoms with Crippen LogP contribution in [0, 0.1) is 0 Å². The van der Waals surface area contributed by atoms with Crippen LogP contribution in [0.3, 0.4) is 0 Å². The monoisotopic (exact) mass is 521 g/mol. The first kappa shape index (κ1) is 27.2. The number of aromatic nitrogens is 1. The van der Waals surface area contributed by atoms with Crippen molar-refractivity contribution in [1.29, 1.82) is 0 Å². The molecule has 0 aromatic carbocycles. The average molecular weight is 521 g/mol. The van der Waals surface area contributed by atoms with Gasteiger partial charge in [0.1, 0.15) is 5.60 Å². The van der Waals surface area contributed by atoms with Crippen molar-refractivity contribution in [2.24, 2.45) is 4.99 Å². The molecule has 0 spiro atoms. The van der Waals surface area contributed by atoms with Gasteiger partial charge in [-0.25, -0.2) is 14.8 Å². The lowest BCUT2D eigenvalue weighted by Crippen LogP contribution is -2.54. The summed E-state index contributed by atoms with van der Waals surface area (Å²) in [6, 6.07) is 3.81. The molecule has 1 amide bonds. The summed E-state index contributed by atoms with van der Waals surface area (Å²) in [6.45, 7) is 15.4. The molecule has 8 nitrogen and oxygen atoms in total. The number of ether oxygens (including phenoxy) is 2. The highest BCUT2D eigenvalue weighted by atomic mass is 127. The molecule has 1 aromatic heterocycles. The van der Waals surface area contributed by atoms with Gasteiger partial charge in [0.05, 0.1) is 18.7 Å². The summed E-state index contributed by atoms with van der Waals surface area (Å²) < 4.78 is 10.9. The van der Waals surface area contributed by atoms with Crippen LogP contribution in [-0.4, -0.2) is 47.9 Å². The number of nitrogens with zero attached hydrogens (tertiary/aromatic N) is 2. The third-order valence-corrected chi connectivity index (χ3v) is 3.42. The molecule has 0 aliphatic heterocycles. The highest BCUT2D eigenvalue weighted by Crippen LogP contribution is 2.15. The van der Waals surface area contributed by atoms with Crippen molar-refractivity contribution in [2.45, 2.75) is 66.2 Å². The normalized spacial score (nSPS) is 11.9. The first-order chi connectivity index (χ1) is 13.1. The Balaban J connectivity index is 0.00000784. The van der Waals surface area contributed by atoms with Crippen LogP contribution in [0.2, 0.25) is 0 Å². The topological polar surface area (TPSA) is 96.9 Å². The number of aliphatic imine (C=N–C) groups is 1. The van der Waals surface area contributed by atoms with Crippen molar-refractivity contribution >= 4 is 36.0 Å².